The molecule has 0 bridgehead atoms. The molecule has 1 aromatic heterocycles. The van der Waals surface area contributed by atoms with E-state index < -0.39 is 0 Å². The molecule has 1 atom stereocenters. The Hall–Kier alpha value is -1.65. The third-order valence-corrected chi connectivity index (χ3v) is 3.96. The van der Waals surface area contributed by atoms with Crippen LogP contribution in [0.25, 0.3) is 10.9 Å². The molecule has 0 N–H and O–H groups in total. The van der Waals surface area contributed by atoms with E-state index in [1.807, 2.05) is 24.3 Å². The van der Waals surface area contributed by atoms with Crippen LogP contribution in [0.3, 0.4) is 0 Å². The van der Waals surface area contributed by atoms with E-state index in [9.17, 15) is 4.79 Å². The Morgan fingerprint density at radius 3 is 3.05 bits per heavy atom. The molecular formula is C16H17ClN2O2. The van der Waals surface area contributed by atoms with Gasteiger partial charge in [0.1, 0.15) is 5.15 Å². The van der Waals surface area contributed by atoms with Gasteiger partial charge in [0.2, 0.25) is 0 Å². The zero-order chi connectivity index (χ0) is 14.8. The smallest absolute Gasteiger partial charge is 0.254 e. The van der Waals surface area contributed by atoms with Crippen LogP contribution in [0.4, 0.5) is 0 Å². The largest absolute Gasteiger partial charge is 0.376 e. The summed E-state index contributed by atoms with van der Waals surface area (Å²) in [5.41, 5.74) is 1.32. The molecule has 1 aliphatic heterocycles. The lowest BCUT2D eigenvalue weighted by molar-refractivity contribution is 0.0588. The lowest BCUT2D eigenvalue weighted by Crippen LogP contribution is -2.34. The number of carbonyl (C=O) groups excluding carboxylic acids is 1. The van der Waals surface area contributed by atoms with Crippen LogP contribution in [0, 0.1) is 0 Å². The van der Waals surface area contributed by atoms with Crippen molar-refractivity contribution in [2.45, 2.75) is 18.9 Å². The number of likely N-dealkylation sites (N-methyl/N-ethyl adjacent to an activating group) is 1. The maximum Gasteiger partial charge on any atom is 0.254 e. The predicted octanol–water partition coefficient (Wildman–Crippen LogP) is 3.14. The summed E-state index contributed by atoms with van der Waals surface area (Å²) >= 11 is 6.04. The Morgan fingerprint density at radius 2 is 2.29 bits per heavy atom. The number of hydrogen-bond donors (Lipinski definition) is 0. The Kier molecular flexibility index (Phi) is 4.08. The second-order valence-corrected chi connectivity index (χ2v) is 5.72. The van der Waals surface area contributed by atoms with E-state index in [-0.39, 0.29) is 12.0 Å². The lowest BCUT2D eigenvalue weighted by Gasteiger charge is -2.21. The van der Waals surface area contributed by atoms with Gasteiger partial charge in [-0.05, 0) is 25.0 Å². The van der Waals surface area contributed by atoms with Crippen molar-refractivity contribution in [3.05, 3.63) is 41.0 Å². The number of halogens is 1. The Bertz CT molecular complexity index is 668. The number of hydrogen-bond acceptors (Lipinski definition) is 3. The minimum Gasteiger partial charge on any atom is -0.376 e. The molecule has 0 spiro atoms. The van der Waals surface area contributed by atoms with E-state index in [0.29, 0.717) is 17.3 Å². The first-order valence-electron chi connectivity index (χ1n) is 7.07. The number of fused-ring (bicyclic) bond motifs is 1. The van der Waals surface area contributed by atoms with Gasteiger partial charge in [0, 0.05) is 25.6 Å². The molecule has 110 valence electrons. The fraction of sp³-hybridized carbons (Fsp3) is 0.375. The lowest BCUT2D eigenvalue weighted by atomic mass is 10.1. The highest BCUT2D eigenvalue weighted by Crippen LogP contribution is 2.22. The molecule has 1 amide bonds. The van der Waals surface area contributed by atoms with E-state index in [0.717, 1.165) is 30.4 Å². The number of ether oxygens (including phenoxy) is 1. The molecule has 0 saturated carbocycles. The number of carbonyl (C=O) groups is 1. The number of pyridine rings is 1. The van der Waals surface area contributed by atoms with Gasteiger partial charge >= 0.3 is 0 Å². The van der Waals surface area contributed by atoms with E-state index in [4.69, 9.17) is 16.3 Å². The molecule has 5 heteroatoms. The molecule has 4 nitrogen and oxygen atoms in total. The van der Waals surface area contributed by atoms with Crippen LogP contribution in [0.2, 0.25) is 5.15 Å². The van der Waals surface area contributed by atoms with Crippen molar-refractivity contribution in [1.82, 2.24) is 9.88 Å². The summed E-state index contributed by atoms with van der Waals surface area (Å²) in [6, 6.07) is 9.17. The molecule has 2 heterocycles. The Balaban J connectivity index is 1.89. The van der Waals surface area contributed by atoms with Crippen molar-refractivity contribution in [2.24, 2.45) is 0 Å². The number of nitrogens with zero attached hydrogens (tertiary/aromatic N) is 2. The van der Waals surface area contributed by atoms with Gasteiger partial charge in [-0.1, -0.05) is 29.8 Å². The van der Waals surface area contributed by atoms with Gasteiger partial charge in [0.15, 0.2) is 0 Å². The predicted molar refractivity (Wildman–Crippen MR) is 82.7 cm³/mol. The maximum absolute atomic E-state index is 12.7. The van der Waals surface area contributed by atoms with Crippen molar-refractivity contribution in [1.29, 1.82) is 0 Å². The second kappa shape index (κ2) is 6.00. The van der Waals surface area contributed by atoms with Crippen LogP contribution in [0.5, 0.6) is 0 Å². The monoisotopic (exact) mass is 304 g/mol. The number of benzene rings is 1. The molecule has 1 saturated heterocycles. The fourth-order valence-corrected chi connectivity index (χ4v) is 2.90. The summed E-state index contributed by atoms with van der Waals surface area (Å²) in [5.74, 6) is -0.0500. The topological polar surface area (TPSA) is 42.4 Å². The minimum atomic E-state index is -0.0500. The van der Waals surface area contributed by atoms with E-state index in [1.54, 1.807) is 18.0 Å². The van der Waals surface area contributed by atoms with E-state index >= 15 is 0 Å². The van der Waals surface area contributed by atoms with E-state index in [1.165, 1.54) is 0 Å². The SMILES string of the molecule is CN(CC1CCCO1)C(=O)c1cc(Cl)nc2ccccc12. The van der Waals surface area contributed by atoms with Gasteiger partial charge in [-0.3, -0.25) is 4.79 Å². The van der Waals surface area contributed by atoms with Gasteiger partial charge in [0.05, 0.1) is 17.2 Å². The standard InChI is InChI=1S/C16H17ClN2O2/c1-19(10-11-5-4-8-21-11)16(20)13-9-15(17)18-14-7-3-2-6-12(13)14/h2-3,6-7,9,11H,4-5,8,10H2,1H3. The highest BCUT2D eigenvalue weighted by atomic mass is 35.5. The van der Waals surface area contributed by atoms with Crippen LogP contribution < -0.4 is 0 Å². The van der Waals surface area contributed by atoms with Crippen LogP contribution in [-0.4, -0.2) is 42.1 Å². The third-order valence-electron chi connectivity index (χ3n) is 3.76. The average Bonchev–Trinajstić information content (AvgIpc) is 2.98. The minimum absolute atomic E-state index is 0.0500. The van der Waals surface area contributed by atoms with Crippen molar-refractivity contribution in [3.8, 4) is 0 Å². The molecule has 1 aromatic carbocycles. The zero-order valence-corrected chi connectivity index (χ0v) is 12.6. The number of aromatic nitrogens is 1. The van der Waals surface area contributed by atoms with Crippen molar-refractivity contribution in [3.63, 3.8) is 0 Å². The second-order valence-electron chi connectivity index (χ2n) is 5.33. The zero-order valence-electron chi connectivity index (χ0n) is 11.9. The van der Waals surface area contributed by atoms with Gasteiger partial charge in [0.25, 0.3) is 5.91 Å². The van der Waals surface area contributed by atoms with E-state index in [2.05, 4.69) is 4.98 Å². The average molecular weight is 305 g/mol. The van der Waals surface area contributed by atoms with Gasteiger partial charge in [-0.25, -0.2) is 4.98 Å². The summed E-state index contributed by atoms with van der Waals surface area (Å²) in [5, 5.41) is 1.16. The molecule has 0 aliphatic carbocycles. The number of para-hydroxylation sites is 1. The maximum atomic E-state index is 12.7. The first-order valence-corrected chi connectivity index (χ1v) is 7.45. The molecule has 21 heavy (non-hydrogen) atoms. The Labute approximate surface area is 128 Å². The van der Waals surface area contributed by atoms with Crippen LogP contribution >= 0.6 is 11.6 Å². The quantitative estimate of drug-likeness (QED) is 0.818. The summed E-state index contributed by atoms with van der Waals surface area (Å²) in [4.78, 5) is 18.6. The van der Waals surface area contributed by atoms with Crippen LogP contribution in [0.15, 0.2) is 30.3 Å². The summed E-state index contributed by atoms with van der Waals surface area (Å²) in [6.07, 6.45) is 2.22. The number of rotatable bonds is 3. The molecule has 1 fully saturated rings. The fourth-order valence-electron chi connectivity index (χ4n) is 2.70. The first kappa shape index (κ1) is 14.3. The highest BCUT2D eigenvalue weighted by Gasteiger charge is 2.22. The summed E-state index contributed by atoms with van der Waals surface area (Å²) in [7, 11) is 1.80. The highest BCUT2D eigenvalue weighted by molar-refractivity contribution is 6.30. The number of amides is 1. The molecule has 1 aliphatic rings. The first-order chi connectivity index (χ1) is 10.1. The van der Waals surface area contributed by atoms with Crippen molar-refractivity contribution in [2.75, 3.05) is 20.2 Å². The molecule has 0 radical (unpaired) electrons. The molecule has 1 unspecified atom stereocenters. The normalized spacial score (nSPS) is 18.1. The third kappa shape index (κ3) is 3.01. The molecular weight excluding hydrogens is 288 g/mol. The van der Waals surface area contributed by atoms with Gasteiger partial charge < -0.3 is 9.64 Å². The summed E-state index contributed by atoms with van der Waals surface area (Å²) in [6.45, 7) is 1.39. The Morgan fingerprint density at radius 1 is 1.48 bits per heavy atom. The molecule has 2 aromatic rings. The van der Waals surface area contributed by atoms with Gasteiger partial charge in [-0.2, -0.15) is 0 Å². The van der Waals surface area contributed by atoms with Crippen LogP contribution in [-0.2, 0) is 4.74 Å². The van der Waals surface area contributed by atoms with Crippen LogP contribution in [0.1, 0.15) is 23.2 Å². The van der Waals surface area contributed by atoms with Crippen molar-refractivity contribution >= 4 is 28.4 Å². The molecule has 3 rings (SSSR count). The van der Waals surface area contributed by atoms with Gasteiger partial charge in [-0.15, -0.1) is 0 Å². The van der Waals surface area contributed by atoms with Crippen molar-refractivity contribution < 1.29 is 9.53 Å². The summed E-state index contributed by atoms with van der Waals surface area (Å²) < 4.78 is 5.59.